The fourth-order valence-electron chi connectivity index (χ4n) is 9.11. The van der Waals surface area contributed by atoms with Crippen molar-refractivity contribution in [1.29, 1.82) is 0 Å². The van der Waals surface area contributed by atoms with E-state index < -0.39 is 89.2 Å². The molecule has 0 aromatic carbocycles. The van der Waals surface area contributed by atoms with Crippen molar-refractivity contribution >= 4 is 35.1 Å². The molecule has 63 heavy (non-hydrogen) atoms. The summed E-state index contributed by atoms with van der Waals surface area (Å²) in [6.45, 7) is 15.9. The summed E-state index contributed by atoms with van der Waals surface area (Å²) in [7, 11) is 3.74. The molecular weight excluding hydrogens is 819 g/mol. The predicted octanol–water partition coefficient (Wildman–Crippen LogP) is 4.74. The Balaban J connectivity index is 1.66. The van der Waals surface area contributed by atoms with E-state index in [0.717, 1.165) is 0 Å². The van der Waals surface area contributed by atoms with Crippen molar-refractivity contribution in [3.63, 3.8) is 0 Å². The van der Waals surface area contributed by atoms with Crippen molar-refractivity contribution in [2.24, 2.45) is 33.8 Å². The predicted molar refractivity (Wildman–Crippen MR) is 228 cm³/mol. The first-order valence-electron chi connectivity index (χ1n) is 21.7. The normalized spacial score (nSPS) is 36.3. The topological polar surface area (TPSA) is 220 Å². The van der Waals surface area contributed by atoms with Gasteiger partial charge in [0.15, 0.2) is 23.9 Å². The number of ether oxygens (including phenoxy) is 6. The van der Waals surface area contributed by atoms with Crippen molar-refractivity contribution in [3.05, 3.63) is 36.2 Å². The van der Waals surface area contributed by atoms with Crippen LogP contribution in [0.4, 0.5) is 0 Å². The van der Waals surface area contributed by atoms with Crippen LogP contribution in [0.3, 0.4) is 0 Å². The van der Waals surface area contributed by atoms with Gasteiger partial charge in [0.25, 0.3) is 0 Å². The molecule has 0 spiro atoms. The number of aliphatic imine (C=N–C) groups is 1. The van der Waals surface area contributed by atoms with Gasteiger partial charge in [0, 0.05) is 49.2 Å². The number of pyridine rings is 1. The summed E-state index contributed by atoms with van der Waals surface area (Å²) in [5, 5.41) is 20.7. The van der Waals surface area contributed by atoms with Crippen molar-refractivity contribution in [2.75, 3.05) is 27.3 Å². The number of Topliss-reactive ketones (excluding diaryl/α,β-unsaturated/α-hetero) is 1. The molecule has 3 fully saturated rings. The number of oxime groups is 1. The number of carbonyl (C=O) groups excluding carboxylic acids is 4. The van der Waals surface area contributed by atoms with Gasteiger partial charge in [-0.15, -0.1) is 0 Å². The molecule has 0 saturated carbocycles. The van der Waals surface area contributed by atoms with Crippen LogP contribution in [0.1, 0.15) is 94.1 Å². The van der Waals surface area contributed by atoms with Gasteiger partial charge in [-0.1, -0.05) is 44.1 Å². The molecule has 2 aromatic rings. The van der Waals surface area contributed by atoms with Crippen LogP contribution in [0, 0.1) is 23.7 Å². The van der Waals surface area contributed by atoms with Crippen LogP contribution in [0.2, 0.25) is 0 Å². The molecular formula is C45H65N5O13. The first-order chi connectivity index (χ1) is 29.7. The monoisotopic (exact) mass is 883 g/mol. The largest absolute Gasteiger partial charge is 0.459 e. The molecule has 3 saturated heterocycles. The minimum atomic E-state index is -1.88. The number of likely N-dealkylation sites (N-methyl/N-ethyl adjacent to an activating group) is 1. The van der Waals surface area contributed by atoms with Crippen LogP contribution in [0.5, 0.6) is 0 Å². The summed E-state index contributed by atoms with van der Waals surface area (Å²) in [6, 6.07) is 4.95. The first-order valence-corrected chi connectivity index (χ1v) is 21.7. The fraction of sp³-hybridized carbons (Fsp3) is 0.689. The number of ketones is 1. The standard InChI is InChI=1S/C45H65N5O13/c1-13-36-45(10,55)41-26(4)37(48-29(7)51)24(2)19-44(9,57-23-32(22-56-41)49-58-21-31-14-15-33(46-20-31)35-16-17-47-63-35)40(27(5)38(53)28(6)42(54)61-36)62-43-39(60-30(8)52)34(50(11)12)18-25(3)59-43/h14-17,20,24-28,34,36,39-41,43,55H,13,18-19,21-23H2,1-12H3/b48-37?,49-32+/t24-,25-,26+,27+,28-,34+,36-,39-,40-,41-,43+,44-,45-/m1/s1. The van der Waals surface area contributed by atoms with E-state index in [9.17, 15) is 24.3 Å². The summed E-state index contributed by atoms with van der Waals surface area (Å²) < 4.78 is 44.0. The zero-order valence-electron chi connectivity index (χ0n) is 38.6. The molecule has 18 heteroatoms. The number of hydrogen-bond acceptors (Lipinski definition) is 17. The van der Waals surface area contributed by atoms with E-state index in [1.165, 1.54) is 33.9 Å². The molecule has 3 aliphatic heterocycles. The summed E-state index contributed by atoms with van der Waals surface area (Å²) >= 11 is 0. The Morgan fingerprint density at radius 3 is 2.37 bits per heavy atom. The smallest absolute Gasteiger partial charge is 0.316 e. The average molecular weight is 884 g/mol. The molecule has 13 atom stereocenters. The summed E-state index contributed by atoms with van der Waals surface area (Å²) in [5.74, 6) is -5.57. The second-order valence-corrected chi connectivity index (χ2v) is 17.8. The van der Waals surface area contributed by atoms with Crippen molar-refractivity contribution in [3.8, 4) is 11.5 Å². The van der Waals surface area contributed by atoms with Gasteiger partial charge in [-0.25, -0.2) is 4.99 Å². The fourth-order valence-corrected chi connectivity index (χ4v) is 9.11. The van der Waals surface area contributed by atoms with E-state index in [1.807, 2.05) is 38.9 Å². The van der Waals surface area contributed by atoms with Gasteiger partial charge in [0.1, 0.15) is 35.6 Å². The molecule has 18 nitrogen and oxygen atoms in total. The third-order valence-corrected chi connectivity index (χ3v) is 12.3. The number of aromatic nitrogens is 2. The molecule has 2 aromatic heterocycles. The highest BCUT2D eigenvalue weighted by molar-refractivity contribution is 6.00. The lowest BCUT2D eigenvalue weighted by atomic mass is 9.73. The second-order valence-electron chi connectivity index (χ2n) is 17.8. The van der Waals surface area contributed by atoms with Crippen LogP contribution in [0.25, 0.3) is 11.5 Å². The van der Waals surface area contributed by atoms with Crippen LogP contribution in [-0.4, -0.2) is 137 Å². The van der Waals surface area contributed by atoms with E-state index in [2.05, 4.69) is 20.3 Å². The number of rotatable bonds is 9. The molecule has 2 bridgehead atoms. The van der Waals surface area contributed by atoms with Gasteiger partial charge >= 0.3 is 11.9 Å². The molecule has 0 aliphatic carbocycles. The lowest BCUT2D eigenvalue weighted by molar-refractivity contribution is -0.298. The highest BCUT2D eigenvalue weighted by atomic mass is 16.7. The average Bonchev–Trinajstić information content (AvgIpc) is 3.76. The number of cyclic esters (lactones) is 1. The molecule has 1 N–H and O–H groups in total. The number of fused-ring (bicyclic) bond motifs is 5. The van der Waals surface area contributed by atoms with Gasteiger partial charge in [-0.3, -0.25) is 24.2 Å². The molecule has 0 radical (unpaired) electrons. The van der Waals surface area contributed by atoms with E-state index in [1.54, 1.807) is 46.0 Å². The Kier molecular flexibility index (Phi) is 16.5. The molecule has 5 heterocycles. The number of carbonyl (C=O) groups is 4. The number of hydrogen-bond donors (Lipinski definition) is 1. The highest BCUT2D eigenvalue weighted by Gasteiger charge is 2.53. The third kappa shape index (κ3) is 11.8. The Morgan fingerprint density at radius 1 is 1.03 bits per heavy atom. The molecule has 3 aliphatic rings. The zero-order chi connectivity index (χ0) is 46.4. The minimum Gasteiger partial charge on any atom is -0.459 e. The highest BCUT2D eigenvalue weighted by Crippen LogP contribution is 2.40. The quantitative estimate of drug-likeness (QED) is 0.204. The lowest BCUT2D eigenvalue weighted by Gasteiger charge is -2.48. The van der Waals surface area contributed by atoms with Crippen LogP contribution in [-0.2, 0) is 59.0 Å². The van der Waals surface area contributed by atoms with Gasteiger partial charge in [0.05, 0.1) is 49.4 Å². The van der Waals surface area contributed by atoms with Gasteiger partial charge < -0.3 is 47.8 Å². The maximum absolute atomic E-state index is 14.7. The second kappa shape index (κ2) is 21.0. The Labute approximate surface area is 369 Å². The van der Waals surface area contributed by atoms with Gasteiger partial charge in [0.2, 0.25) is 5.91 Å². The summed E-state index contributed by atoms with van der Waals surface area (Å²) in [4.78, 5) is 70.9. The number of aliphatic hydroxyl groups is 1. The van der Waals surface area contributed by atoms with Crippen LogP contribution < -0.4 is 0 Å². The maximum atomic E-state index is 14.7. The van der Waals surface area contributed by atoms with Crippen molar-refractivity contribution in [2.45, 2.75) is 149 Å². The molecule has 348 valence electrons. The first kappa shape index (κ1) is 49.6. The maximum Gasteiger partial charge on any atom is 0.316 e. The van der Waals surface area contributed by atoms with E-state index in [-0.39, 0.29) is 50.5 Å². The Hall–Kier alpha value is -4.46. The molecule has 5 rings (SSSR count). The van der Waals surface area contributed by atoms with E-state index in [4.69, 9.17) is 37.8 Å². The third-order valence-electron chi connectivity index (χ3n) is 12.3. The molecule has 1 amide bonds. The number of esters is 2. The van der Waals surface area contributed by atoms with E-state index >= 15 is 0 Å². The summed E-state index contributed by atoms with van der Waals surface area (Å²) in [6.07, 6.45) is -2.00. The SMILES string of the molecule is CC[C@H]1OC(=O)[C@H](C)C(=O)[C@H](C)[C@@H](O[C@@H]2O[C@H](C)C[C@H](N(C)C)[C@H]2OC(C)=O)[C@@]2(C)C[C@@H](C)C(=NC(C)=O)[C@H](C)[C@@H](OC/C(=N\OCc3ccc(-c4ccno4)nc3)CO2)[C@]1(C)O. The lowest BCUT2D eigenvalue weighted by Crippen LogP contribution is -2.60. The number of amides is 1. The van der Waals surface area contributed by atoms with Crippen LogP contribution >= 0.6 is 0 Å². The minimum absolute atomic E-state index is 0.0131. The Morgan fingerprint density at radius 2 is 1.76 bits per heavy atom. The zero-order valence-corrected chi connectivity index (χ0v) is 38.6. The van der Waals surface area contributed by atoms with Crippen molar-refractivity contribution < 1.29 is 62.1 Å². The van der Waals surface area contributed by atoms with Crippen LogP contribution in [0.15, 0.2) is 45.3 Å². The van der Waals surface area contributed by atoms with Gasteiger partial charge in [-0.2, -0.15) is 0 Å². The number of nitrogens with zero attached hydrogens (tertiary/aromatic N) is 5. The summed E-state index contributed by atoms with van der Waals surface area (Å²) in [5.41, 5.74) is -1.40. The Bertz CT molecular complexity index is 1950. The van der Waals surface area contributed by atoms with E-state index in [0.29, 0.717) is 29.2 Å². The van der Waals surface area contributed by atoms with Crippen molar-refractivity contribution in [1.82, 2.24) is 15.0 Å². The molecule has 0 unspecified atom stereocenters. The van der Waals surface area contributed by atoms with Gasteiger partial charge in [-0.05, 0) is 73.0 Å².